The zero-order valence-corrected chi connectivity index (χ0v) is 67.5. The number of hydrogen-bond acceptors (Lipinski definition) is 20. The summed E-state index contributed by atoms with van der Waals surface area (Å²) >= 11 is 0. The summed E-state index contributed by atoms with van der Waals surface area (Å²) in [6.07, 6.45) is 6.33. The van der Waals surface area contributed by atoms with Crippen LogP contribution in [0.15, 0.2) is 0 Å². The minimum atomic E-state index is -5.16. The Kier molecular flexibility index (Phi) is 23.0. The molecule has 0 aromatic rings. The van der Waals surface area contributed by atoms with Gasteiger partial charge in [0.1, 0.15) is 0 Å². The van der Waals surface area contributed by atoms with E-state index < -0.39 is 139 Å². The summed E-state index contributed by atoms with van der Waals surface area (Å²) in [4.78, 5) is 0. The maximum absolute atomic E-state index is 7.88. The first kappa shape index (κ1) is 69.4. The fourth-order valence-corrected chi connectivity index (χ4v) is 86.0. The first-order valence-corrected chi connectivity index (χ1v) is 66.6. The van der Waals surface area contributed by atoms with E-state index in [1.807, 2.05) is 0 Å². The predicted octanol–water partition coefficient (Wildman–Crippen LogP) is 12.8. The Hall–Kier alpha value is 2.67. The molecule has 20 nitrogen and oxygen atoms in total. The second-order valence-electron chi connectivity index (χ2n) is 26.1. The van der Waals surface area contributed by atoms with Crippen molar-refractivity contribution in [1.82, 2.24) is 0 Å². The molecule has 36 heteroatoms. The molecule has 0 amide bonds. The molecule has 0 N–H and O–H groups in total. The summed E-state index contributed by atoms with van der Waals surface area (Å²) in [5.41, 5.74) is 0. The molecular weight excluding hydrogens is 1250 g/mol. The van der Waals surface area contributed by atoms with Gasteiger partial charge in [0.2, 0.25) is 0 Å². The third kappa shape index (κ3) is 18.4. The van der Waals surface area contributed by atoms with Crippen molar-refractivity contribution in [2.75, 3.05) is 0 Å². The molecule has 6 aliphatic heterocycles. The van der Waals surface area contributed by atoms with E-state index in [1.54, 1.807) is 0 Å². The lowest BCUT2D eigenvalue weighted by molar-refractivity contribution is -0.129. The molecule has 6 saturated heterocycles. The van der Waals surface area contributed by atoms with Crippen molar-refractivity contribution < 1.29 is 82.3 Å². The molecule has 0 saturated carbocycles. The van der Waals surface area contributed by atoms with Crippen LogP contribution in [0.5, 0.6) is 0 Å². The standard InChI is InChI=1S/C40H104O20Si16/c1-25-33-61(9,10)41-69-49-70(42-62(11,12)34-26-2)52-73(45-65(17,18)37-29-5)54-71(50-69,43-63(13,14)35-27-3)56-75(47-67(21,22)39-31-7)57-72(51-69,44-64(15,16)36-28-4)55-74(53-70,46-66(19,20)38-30-6)59-76(58-73,60-75)48-68(23,24)40-32-8/h25-40H2,1-24H3. The Bertz CT molecular complexity index is 1460. The van der Waals surface area contributed by atoms with Crippen LogP contribution in [-0.4, -0.2) is 139 Å². The highest BCUT2D eigenvalue weighted by molar-refractivity contribution is 7.04. The monoisotopic (exact) mass is 1350 g/mol. The van der Waals surface area contributed by atoms with E-state index in [2.05, 4.69) is 160 Å². The zero-order chi connectivity index (χ0) is 57.5. The summed E-state index contributed by atoms with van der Waals surface area (Å²) in [6, 6.07) is 5.44. The Morgan fingerprint density at radius 2 is 0.263 bits per heavy atom. The van der Waals surface area contributed by atoms with Crippen LogP contribution in [0.1, 0.15) is 107 Å². The second-order valence-corrected chi connectivity index (χ2v) is 82.6. The fraction of sp³-hybridized carbons (Fsp3) is 1.00. The van der Waals surface area contributed by atoms with Gasteiger partial charge in [-0.25, -0.2) is 0 Å². The van der Waals surface area contributed by atoms with Crippen LogP contribution in [0.4, 0.5) is 0 Å². The lowest BCUT2D eigenvalue weighted by Gasteiger charge is -2.61. The largest absolute Gasteiger partial charge is 0.651 e. The van der Waals surface area contributed by atoms with Crippen LogP contribution >= 0.6 is 0 Å². The van der Waals surface area contributed by atoms with E-state index in [-0.39, 0.29) is 0 Å². The molecular formula is C40H104O20Si16. The van der Waals surface area contributed by atoms with Crippen molar-refractivity contribution in [2.45, 2.75) is 260 Å². The van der Waals surface area contributed by atoms with Gasteiger partial charge in [0.05, 0.1) is 0 Å². The Labute approximate surface area is 477 Å². The van der Waals surface area contributed by atoms with E-state index in [1.165, 1.54) is 0 Å². The molecule has 0 aliphatic carbocycles. The van der Waals surface area contributed by atoms with Gasteiger partial charge in [0, 0.05) is 0 Å². The van der Waals surface area contributed by atoms with Crippen molar-refractivity contribution in [3.63, 3.8) is 0 Å². The van der Waals surface area contributed by atoms with E-state index in [4.69, 9.17) is 82.3 Å². The van der Waals surface area contributed by atoms with Gasteiger partial charge in [-0.15, -0.1) is 0 Å². The van der Waals surface area contributed by atoms with Gasteiger partial charge < -0.3 is 82.3 Å². The predicted molar refractivity (Wildman–Crippen MR) is 328 cm³/mol. The maximum atomic E-state index is 7.88. The van der Waals surface area contributed by atoms with Crippen molar-refractivity contribution in [3.8, 4) is 0 Å². The van der Waals surface area contributed by atoms with Crippen molar-refractivity contribution in [3.05, 3.63) is 0 Å². The summed E-state index contributed by atoms with van der Waals surface area (Å²) in [5, 5.41) is 0. The molecule has 6 heterocycles. The molecule has 6 aliphatic rings. The van der Waals surface area contributed by atoms with Gasteiger partial charge >= 0.3 is 72.4 Å². The minimum absolute atomic E-state index is 0.680. The van der Waals surface area contributed by atoms with Gasteiger partial charge in [-0.2, -0.15) is 0 Å². The summed E-state index contributed by atoms with van der Waals surface area (Å²) in [6.45, 7) is 50.6. The number of rotatable bonds is 32. The highest BCUT2D eigenvalue weighted by Crippen LogP contribution is 2.54. The molecule has 0 radical (unpaired) electrons. The number of hydrogen-bond donors (Lipinski definition) is 0. The highest BCUT2D eigenvalue weighted by Gasteiger charge is 2.92. The maximum Gasteiger partial charge on any atom is 0.651 e. The average molecular weight is 1350 g/mol. The van der Waals surface area contributed by atoms with Crippen LogP contribution in [0.25, 0.3) is 0 Å². The van der Waals surface area contributed by atoms with Gasteiger partial charge in [-0.05, 0) is 153 Å². The molecule has 448 valence electrons. The third-order valence-corrected chi connectivity index (χ3v) is 76.3. The van der Waals surface area contributed by atoms with E-state index in [0.29, 0.717) is 48.4 Å². The summed E-state index contributed by atoms with van der Waals surface area (Å²) < 4.78 is 156. The summed E-state index contributed by atoms with van der Waals surface area (Å²) in [5.74, 6) is 0. The van der Waals surface area contributed by atoms with Gasteiger partial charge in [-0.3, -0.25) is 0 Å². The Morgan fingerprint density at radius 3 is 0.329 bits per heavy atom. The molecule has 8 bridgehead atoms. The van der Waals surface area contributed by atoms with Crippen LogP contribution in [0.2, 0.25) is 153 Å². The third-order valence-electron chi connectivity index (χ3n) is 13.0. The second kappa shape index (κ2) is 25.2. The Balaban J connectivity index is 2.17. The van der Waals surface area contributed by atoms with Gasteiger partial charge in [-0.1, -0.05) is 107 Å². The van der Waals surface area contributed by atoms with Crippen LogP contribution < -0.4 is 0 Å². The van der Waals surface area contributed by atoms with Crippen molar-refractivity contribution in [1.29, 1.82) is 0 Å². The first-order chi connectivity index (χ1) is 34.6. The quantitative estimate of drug-likeness (QED) is 0.0579. The SMILES string of the molecule is CCC[Si](C)(C)O[Si]12O[Si]3(O[Si](C)(C)CCC)O[Si]4(O[Si](C)(C)CCC)O[Si](O[Si](C)(C)CCC)(O1)O[Si]1(O[Si](C)(C)CCC)O[Si](O[Si](C)(C)CCC)(O2)O[Si](O[Si](C)(C)CCC)(O3)O[Si](O[Si](C)(C)CCC)(O4)O1. The van der Waals surface area contributed by atoms with Crippen LogP contribution in [-0.2, 0) is 82.3 Å². The smallest absolute Gasteiger partial charge is 0.395 e. The molecule has 0 atom stereocenters. The molecule has 0 unspecified atom stereocenters. The molecule has 6 fully saturated rings. The molecule has 0 aromatic heterocycles. The lowest BCUT2D eigenvalue weighted by Crippen LogP contribution is -2.93. The molecule has 76 heavy (non-hydrogen) atoms. The van der Waals surface area contributed by atoms with Crippen molar-refractivity contribution >= 4 is 139 Å². The first-order valence-electron chi connectivity index (χ1n) is 28.7. The highest BCUT2D eigenvalue weighted by atomic mass is 28.7. The zero-order valence-electron chi connectivity index (χ0n) is 51.5. The van der Waals surface area contributed by atoms with Crippen LogP contribution in [0, 0.1) is 0 Å². The van der Waals surface area contributed by atoms with Crippen LogP contribution in [0.3, 0.4) is 0 Å². The van der Waals surface area contributed by atoms with Crippen molar-refractivity contribution in [2.24, 2.45) is 0 Å². The van der Waals surface area contributed by atoms with E-state index >= 15 is 0 Å². The van der Waals surface area contributed by atoms with Gasteiger partial charge in [0.15, 0.2) is 66.5 Å². The normalized spacial score (nSPS) is 33.8. The minimum Gasteiger partial charge on any atom is -0.395 e. The Morgan fingerprint density at radius 1 is 0.184 bits per heavy atom. The molecule has 0 aromatic carbocycles. The molecule has 6 rings (SSSR count). The topological polar surface area (TPSA) is 185 Å². The fourth-order valence-electron chi connectivity index (χ4n) is 10.8. The summed E-state index contributed by atoms with van der Waals surface area (Å²) in [7, 11) is -65.0. The molecule has 0 spiro atoms. The average Bonchev–Trinajstić information content (AvgIpc) is 3.12. The lowest BCUT2D eigenvalue weighted by atomic mass is 10.6. The van der Waals surface area contributed by atoms with E-state index in [9.17, 15) is 0 Å². The van der Waals surface area contributed by atoms with E-state index in [0.717, 1.165) is 51.4 Å². The van der Waals surface area contributed by atoms with Gasteiger partial charge in [0.25, 0.3) is 0 Å².